The molecule has 0 aliphatic carbocycles. The van der Waals surface area contributed by atoms with Gasteiger partial charge in [0, 0.05) is 6.08 Å². The Morgan fingerprint density at radius 2 is 2.12 bits per heavy atom. The Morgan fingerprint density at radius 1 is 1.31 bits per heavy atom. The van der Waals surface area contributed by atoms with Gasteiger partial charge >= 0.3 is 5.97 Å². The first-order chi connectivity index (χ1) is 12.6. The fraction of sp³-hybridized carbons (Fsp3) is 0.200. The van der Waals surface area contributed by atoms with Crippen LogP contribution in [0.2, 0.25) is 5.02 Å². The molecule has 0 heterocycles. The fourth-order valence-corrected chi connectivity index (χ4v) is 2.54. The lowest BCUT2D eigenvalue weighted by Gasteiger charge is -2.11. The summed E-state index contributed by atoms with van der Waals surface area (Å²) >= 11 is 6.17. The Labute approximate surface area is 157 Å². The van der Waals surface area contributed by atoms with Crippen LogP contribution < -0.4 is 9.47 Å². The summed E-state index contributed by atoms with van der Waals surface area (Å²) in [6, 6.07) is 12.3. The summed E-state index contributed by atoms with van der Waals surface area (Å²) < 4.78 is 15.9. The number of benzene rings is 2. The van der Waals surface area contributed by atoms with Gasteiger partial charge in [0.2, 0.25) is 0 Å². The van der Waals surface area contributed by atoms with Crippen LogP contribution in [-0.2, 0) is 16.1 Å². The van der Waals surface area contributed by atoms with Crippen LogP contribution in [0, 0.1) is 11.3 Å². The maximum Gasteiger partial charge on any atom is 0.331 e. The van der Waals surface area contributed by atoms with E-state index in [0.717, 1.165) is 5.56 Å². The molecule has 26 heavy (non-hydrogen) atoms. The van der Waals surface area contributed by atoms with Gasteiger partial charge in [-0.2, -0.15) is 5.26 Å². The molecule has 0 fully saturated rings. The number of esters is 1. The number of carbonyl (C=O) groups is 1. The zero-order chi connectivity index (χ0) is 18.9. The first kappa shape index (κ1) is 19.4. The minimum absolute atomic E-state index is 0.0895. The molecular weight excluding hydrogens is 354 g/mol. The molecule has 0 aliphatic rings. The van der Waals surface area contributed by atoms with E-state index in [1.165, 1.54) is 13.2 Å². The molecule has 0 unspecified atom stereocenters. The zero-order valence-corrected chi connectivity index (χ0v) is 15.2. The molecule has 0 saturated carbocycles. The van der Waals surface area contributed by atoms with Crippen molar-refractivity contribution in [2.45, 2.75) is 13.5 Å². The molecule has 0 aliphatic heterocycles. The summed E-state index contributed by atoms with van der Waals surface area (Å²) in [6.07, 6.45) is 2.89. The van der Waals surface area contributed by atoms with Crippen LogP contribution in [0.3, 0.4) is 0 Å². The predicted octanol–water partition coefficient (Wildman–Crippen LogP) is 4.38. The Bertz CT molecular complexity index is 855. The van der Waals surface area contributed by atoms with Crippen molar-refractivity contribution in [2.75, 3.05) is 13.7 Å². The highest BCUT2D eigenvalue weighted by atomic mass is 35.5. The second kappa shape index (κ2) is 9.50. The molecule has 0 atom stereocenters. The molecule has 0 bridgehead atoms. The Morgan fingerprint density at radius 3 is 2.81 bits per heavy atom. The molecule has 2 aromatic rings. The van der Waals surface area contributed by atoms with Crippen molar-refractivity contribution >= 4 is 23.6 Å². The first-order valence-corrected chi connectivity index (χ1v) is 8.29. The number of nitriles is 1. The predicted molar refractivity (Wildman–Crippen MR) is 99.2 cm³/mol. The van der Waals surface area contributed by atoms with Crippen molar-refractivity contribution in [3.8, 4) is 17.6 Å². The number of carbonyl (C=O) groups excluding carboxylic acids is 1. The summed E-state index contributed by atoms with van der Waals surface area (Å²) in [5.74, 6) is 0.451. The van der Waals surface area contributed by atoms with Crippen molar-refractivity contribution in [1.29, 1.82) is 5.26 Å². The lowest BCUT2D eigenvalue weighted by molar-refractivity contribution is -0.138. The van der Waals surface area contributed by atoms with E-state index >= 15 is 0 Å². The Hall–Kier alpha value is -2.97. The highest BCUT2D eigenvalue weighted by Gasteiger charge is 2.10. The molecule has 0 saturated heterocycles. The molecule has 0 radical (unpaired) electrons. The maximum atomic E-state index is 11.9. The van der Waals surface area contributed by atoms with Crippen molar-refractivity contribution in [1.82, 2.24) is 0 Å². The van der Waals surface area contributed by atoms with Crippen molar-refractivity contribution in [3.05, 3.63) is 64.2 Å². The molecule has 2 rings (SSSR count). The average molecular weight is 372 g/mol. The zero-order valence-electron chi connectivity index (χ0n) is 14.5. The third-order valence-electron chi connectivity index (χ3n) is 3.38. The minimum Gasteiger partial charge on any atom is -0.491 e. The number of ether oxygens (including phenoxy) is 3. The van der Waals surface area contributed by atoms with Gasteiger partial charge in [0.1, 0.15) is 6.61 Å². The van der Waals surface area contributed by atoms with Crippen LogP contribution in [0.15, 0.2) is 42.5 Å². The molecule has 5 nitrogen and oxygen atoms in total. The SMILES string of the molecule is CCOc1cc(/C=C/C(=O)OCc2cccc(C#N)c2)cc(Cl)c1OC. The molecule has 0 aromatic heterocycles. The van der Waals surface area contributed by atoms with Gasteiger partial charge in [0.15, 0.2) is 11.5 Å². The third kappa shape index (κ3) is 5.27. The normalized spacial score (nSPS) is 10.4. The van der Waals surface area contributed by atoms with Gasteiger partial charge in [-0.25, -0.2) is 4.79 Å². The lowest BCUT2D eigenvalue weighted by Crippen LogP contribution is -2.01. The molecule has 0 spiro atoms. The van der Waals surface area contributed by atoms with Crippen LogP contribution >= 0.6 is 11.6 Å². The number of hydrogen-bond acceptors (Lipinski definition) is 5. The van der Waals surface area contributed by atoms with Gasteiger partial charge in [0.05, 0.1) is 30.4 Å². The van der Waals surface area contributed by atoms with Gasteiger partial charge < -0.3 is 14.2 Å². The molecular formula is C20H18ClNO4. The summed E-state index contributed by atoms with van der Waals surface area (Å²) in [5.41, 5.74) is 1.95. The van der Waals surface area contributed by atoms with Crippen molar-refractivity contribution in [3.63, 3.8) is 0 Å². The van der Waals surface area contributed by atoms with Crippen LogP contribution in [-0.4, -0.2) is 19.7 Å². The van der Waals surface area contributed by atoms with Crippen LogP contribution in [0.25, 0.3) is 6.08 Å². The van der Waals surface area contributed by atoms with Crippen molar-refractivity contribution < 1.29 is 19.0 Å². The molecule has 0 amide bonds. The summed E-state index contributed by atoms with van der Waals surface area (Å²) in [6.45, 7) is 2.41. The van der Waals surface area contributed by atoms with E-state index in [9.17, 15) is 4.79 Å². The summed E-state index contributed by atoms with van der Waals surface area (Å²) in [7, 11) is 1.51. The van der Waals surface area contributed by atoms with Gasteiger partial charge in [-0.1, -0.05) is 23.7 Å². The second-order valence-electron chi connectivity index (χ2n) is 5.22. The first-order valence-electron chi connectivity index (χ1n) is 7.91. The summed E-state index contributed by atoms with van der Waals surface area (Å²) in [4.78, 5) is 11.9. The Balaban J connectivity index is 2.04. The molecule has 134 valence electrons. The van der Waals surface area contributed by atoms with Gasteiger partial charge in [0.25, 0.3) is 0 Å². The largest absolute Gasteiger partial charge is 0.491 e. The standard InChI is InChI=1S/C20H18ClNO4/c1-3-25-18-11-14(10-17(21)20(18)24-2)7-8-19(23)26-13-16-6-4-5-15(9-16)12-22/h4-11H,3,13H2,1-2H3/b8-7+. The molecule has 0 N–H and O–H groups in total. The summed E-state index contributed by atoms with van der Waals surface area (Å²) in [5, 5.41) is 9.26. The number of hydrogen-bond donors (Lipinski definition) is 0. The van der Waals surface area contributed by atoms with E-state index in [1.54, 1.807) is 42.5 Å². The van der Waals surface area contributed by atoms with E-state index in [1.807, 2.05) is 13.0 Å². The van der Waals surface area contributed by atoms with Gasteiger partial charge in [-0.05, 0) is 48.4 Å². The molecule has 2 aromatic carbocycles. The smallest absolute Gasteiger partial charge is 0.331 e. The minimum atomic E-state index is -0.503. The van der Waals surface area contributed by atoms with Crippen LogP contribution in [0.5, 0.6) is 11.5 Å². The number of nitrogens with zero attached hydrogens (tertiary/aromatic N) is 1. The highest BCUT2D eigenvalue weighted by Crippen LogP contribution is 2.36. The van der Waals surface area contributed by atoms with Gasteiger partial charge in [-0.15, -0.1) is 0 Å². The van der Waals surface area contributed by atoms with Crippen LogP contribution in [0.4, 0.5) is 0 Å². The fourth-order valence-electron chi connectivity index (χ4n) is 2.24. The highest BCUT2D eigenvalue weighted by molar-refractivity contribution is 6.32. The topological polar surface area (TPSA) is 68.5 Å². The van der Waals surface area contributed by atoms with E-state index < -0.39 is 5.97 Å². The van der Waals surface area contributed by atoms with E-state index in [4.69, 9.17) is 31.1 Å². The van der Waals surface area contributed by atoms with E-state index in [2.05, 4.69) is 0 Å². The monoisotopic (exact) mass is 371 g/mol. The quantitative estimate of drug-likeness (QED) is 0.533. The second-order valence-corrected chi connectivity index (χ2v) is 5.63. The van der Waals surface area contributed by atoms with Crippen LogP contribution in [0.1, 0.15) is 23.6 Å². The Kier molecular flexibility index (Phi) is 7.07. The van der Waals surface area contributed by atoms with E-state index in [-0.39, 0.29) is 6.61 Å². The van der Waals surface area contributed by atoms with Crippen molar-refractivity contribution in [2.24, 2.45) is 0 Å². The number of halogens is 1. The number of rotatable bonds is 7. The van der Waals surface area contributed by atoms with E-state index in [0.29, 0.717) is 34.3 Å². The average Bonchev–Trinajstić information content (AvgIpc) is 2.65. The maximum absolute atomic E-state index is 11.9. The van der Waals surface area contributed by atoms with Gasteiger partial charge in [-0.3, -0.25) is 0 Å². The lowest BCUT2D eigenvalue weighted by atomic mass is 10.1. The third-order valence-corrected chi connectivity index (χ3v) is 3.67. The number of methoxy groups -OCH3 is 1. The molecule has 6 heteroatoms.